The van der Waals surface area contributed by atoms with Crippen molar-refractivity contribution in [2.24, 2.45) is 0 Å². The van der Waals surface area contributed by atoms with Gasteiger partial charge in [-0.15, -0.1) is 0 Å². The molecule has 2 aliphatic heterocycles. The van der Waals surface area contributed by atoms with Crippen molar-refractivity contribution in [3.63, 3.8) is 0 Å². The van der Waals surface area contributed by atoms with Crippen molar-refractivity contribution in [2.75, 3.05) is 0 Å². The monoisotopic (exact) mass is 429 g/mol. The number of carbonyl (C=O) groups is 2. The van der Waals surface area contributed by atoms with Gasteiger partial charge in [0.15, 0.2) is 0 Å². The van der Waals surface area contributed by atoms with E-state index in [9.17, 15) is 14.7 Å². The molecule has 0 aliphatic carbocycles. The molecule has 3 heterocycles. The van der Waals surface area contributed by atoms with Crippen LogP contribution >= 0.6 is 0 Å². The predicted molar refractivity (Wildman–Crippen MR) is 118 cm³/mol. The SMILES string of the molecule is Cc1ccc([C@@H]2C(=C(O)c3ccc4c(c3)C[C@@H](C)O4)C(=O)C(=O)N2Cc2ccccc2)o1. The Labute approximate surface area is 185 Å². The molecule has 1 saturated heterocycles. The summed E-state index contributed by atoms with van der Waals surface area (Å²) in [5.41, 5.74) is 2.36. The van der Waals surface area contributed by atoms with Crippen LogP contribution in [0.1, 0.15) is 41.2 Å². The van der Waals surface area contributed by atoms with Crippen molar-refractivity contribution in [1.29, 1.82) is 0 Å². The number of carbonyl (C=O) groups excluding carboxylic acids is 2. The number of nitrogens with zero attached hydrogens (tertiary/aromatic N) is 1. The molecule has 1 N–H and O–H groups in total. The second-order valence-electron chi connectivity index (χ2n) is 8.32. The maximum absolute atomic E-state index is 13.1. The Morgan fingerprint density at radius 2 is 1.88 bits per heavy atom. The summed E-state index contributed by atoms with van der Waals surface area (Å²) in [7, 11) is 0. The topological polar surface area (TPSA) is 80.0 Å². The number of benzene rings is 2. The predicted octanol–water partition coefficient (Wildman–Crippen LogP) is 4.53. The molecule has 0 saturated carbocycles. The zero-order valence-corrected chi connectivity index (χ0v) is 17.9. The molecular formula is C26H23NO5. The number of hydrogen-bond acceptors (Lipinski definition) is 5. The Balaban J connectivity index is 1.62. The molecule has 5 rings (SSSR count). The van der Waals surface area contributed by atoms with Crippen molar-refractivity contribution in [3.8, 4) is 5.75 Å². The molecular weight excluding hydrogens is 406 g/mol. The lowest BCUT2D eigenvalue weighted by Crippen LogP contribution is -2.29. The lowest BCUT2D eigenvalue weighted by molar-refractivity contribution is -0.140. The number of furan rings is 1. The minimum atomic E-state index is -0.813. The Hall–Kier alpha value is -3.80. The molecule has 0 radical (unpaired) electrons. The van der Waals surface area contributed by atoms with Crippen LogP contribution in [0.5, 0.6) is 5.75 Å². The third-order valence-electron chi connectivity index (χ3n) is 5.94. The first-order valence-electron chi connectivity index (χ1n) is 10.6. The van der Waals surface area contributed by atoms with Gasteiger partial charge in [-0.25, -0.2) is 0 Å². The largest absolute Gasteiger partial charge is 0.507 e. The molecule has 2 atom stereocenters. The van der Waals surface area contributed by atoms with Gasteiger partial charge in [0.1, 0.15) is 35.2 Å². The van der Waals surface area contributed by atoms with Gasteiger partial charge in [-0.1, -0.05) is 30.3 Å². The molecule has 3 aromatic rings. The van der Waals surface area contributed by atoms with E-state index in [-0.39, 0.29) is 24.0 Å². The molecule has 6 nitrogen and oxygen atoms in total. The van der Waals surface area contributed by atoms with Crippen LogP contribution in [0.4, 0.5) is 0 Å². The van der Waals surface area contributed by atoms with E-state index in [0.29, 0.717) is 17.1 Å². The first-order valence-corrected chi connectivity index (χ1v) is 10.6. The number of ether oxygens (including phenoxy) is 1. The number of amides is 1. The van der Waals surface area contributed by atoms with E-state index in [0.717, 1.165) is 23.3 Å². The highest BCUT2D eigenvalue weighted by molar-refractivity contribution is 6.46. The van der Waals surface area contributed by atoms with Crippen molar-refractivity contribution < 1.29 is 23.8 Å². The number of aliphatic hydroxyl groups excluding tert-OH is 1. The summed E-state index contributed by atoms with van der Waals surface area (Å²) in [5.74, 6) is 0.290. The van der Waals surface area contributed by atoms with Crippen LogP contribution in [0.3, 0.4) is 0 Å². The average Bonchev–Trinajstić information content (AvgIpc) is 3.44. The zero-order chi connectivity index (χ0) is 22.4. The molecule has 0 unspecified atom stereocenters. The first kappa shape index (κ1) is 20.1. The second-order valence-corrected chi connectivity index (χ2v) is 8.32. The summed E-state index contributed by atoms with van der Waals surface area (Å²) in [4.78, 5) is 27.6. The maximum Gasteiger partial charge on any atom is 0.296 e. The average molecular weight is 429 g/mol. The number of fused-ring (bicyclic) bond motifs is 1. The molecule has 2 aromatic carbocycles. The maximum atomic E-state index is 13.1. The fraction of sp³-hybridized carbons (Fsp3) is 0.231. The molecule has 162 valence electrons. The molecule has 1 aromatic heterocycles. The number of ketones is 1. The van der Waals surface area contributed by atoms with Crippen LogP contribution in [0.25, 0.3) is 5.76 Å². The fourth-order valence-corrected chi connectivity index (χ4v) is 4.44. The van der Waals surface area contributed by atoms with E-state index in [1.807, 2.05) is 43.3 Å². The minimum absolute atomic E-state index is 0.0344. The summed E-state index contributed by atoms with van der Waals surface area (Å²) in [5, 5.41) is 11.2. The highest BCUT2D eigenvalue weighted by Crippen LogP contribution is 2.41. The van der Waals surface area contributed by atoms with Crippen molar-refractivity contribution in [3.05, 3.63) is 94.4 Å². The van der Waals surface area contributed by atoms with E-state index in [4.69, 9.17) is 9.15 Å². The zero-order valence-electron chi connectivity index (χ0n) is 17.9. The van der Waals surface area contributed by atoms with E-state index in [1.165, 1.54) is 4.90 Å². The van der Waals surface area contributed by atoms with Crippen LogP contribution in [0.2, 0.25) is 0 Å². The van der Waals surface area contributed by atoms with E-state index < -0.39 is 17.7 Å². The highest BCUT2D eigenvalue weighted by Gasteiger charge is 2.47. The first-order chi connectivity index (χ1) is 15.4. The number of likely N-dealkylation sites (tertiary alicyclic amines) is 1. The second kappa shape index (κ2) is 7.71. The van der Waals surface area contributed by atoms with Gasteiger partial charge in [-0.3, -0.25) is 9.59 Å². The third-order valence-corrected chi connectivity index (χ3v) is 5.94. The van der Waals surface area contributed by atoms with Crippen molar-refractivity contribution in [2.45, 2.75) is 39.0 Å². The molecule has 1 fully saturated rings. The molecule has 0 bridgehead atoms. The third kappa shape index (κ3) is 3.38. The van der Waals surface area contributed by atoms with Gasteiger partial charge >= 0.3 is 0 Å². The summed E-state index contributed by atoms with van der Waals surface area (Å²) < 4.78 is 11.6. The van der Waals surface area contributed by atoms with Crippen LogP contribution in [0, 0.1) is 6.92 Å². The quantitative estimate of drug-likeness (QED) is 0.374. The molecule has 0 spiro atoms. The Bertz CT molecular complexity index is 1240. The van der Waals surface area contributed by atoms with Crippen molar-refractivity contribution >= 4 is 17.4 Å². The summed E-state index contributed by atoms with van der Waals surface area (Å²) in [6.07, 6.45) is 0.782. The van der Waals surface area contributed by atoms with Gasteiger partial charge in [-0.2, -0.15) is 0 Å². The van der Waals surface area contributed by atoms with E-state index in [1.54, 1.807) is 31.2 Å². The molecule has 2 aliphatic rings. The Morgan fingerprint density at radius 3 is 2.59 bits per heavy atom. The van der Waals surface area contributed by atoms with Gasteiger partial charge in [0.2, 0.25) is 0 Å². The van der Waals surface area contributed by atoms with Crippen LogP contribution in [-0.4, -0.2) is 27.8 Å². The van der Waals surface area contributed by atoms with Crippen molar-refractivity contribution in [1.82, 2.24) is 4.90 Å². The lowest BCUT2D eigenvalue weighted by atomic mass is 9.97. The number of aliphatic hydroxyl groups is 1. The van der Waals surface area contributed by atoms with E-state index >= 15 is 0 Å². The Morgan fingerprint density at radius 1 is 1.09 bits per heavy atom. The van der Waals surface area contributed by atoms with Gasteiger partial charge in [-0.05, 0) is 55.3 Å². The number of rotatable bonds is 4. The summed E-state index contributed by atoms with van der Waals surface area (Å²) >= 11 is 0. The summed E-state index contributed by atoms with van der Waals surface area (Å²) in [6, 6.07) is 17.5. The number of Topliss-reactive ketones (excluding diaryl/α,β-unsaturated/α-hetero) is 1. The van der Waals surface area contributed by atoms with Gasteiger partial charge in [0.25, 0.3) is 11.7 Å². The lowest BCUT2D eigenvalue weighted by Gasteiger charge is -2.23. The summed E-state index contributed by atoms with van der Waals surface area (Å²) in [6.45, 7) is 4.00. The minimum Gasteiger partial charge on any atom is -0.507 e. The van der Waals surface area contributed by atoms with Gasteiger partial charge < -0.3 is 19.2 Å². The highest BCUT2D eigenvalue weighted by atomic mass is 16.5. The fourth-order valence-electron chi connectivity index (χ4n) is 4.44. The van der Waals surface area contributed by atoms with Gasteiger partial charge in [0.05, 0.1) is 5.57 Å². The number of hydrogen-bond donors (Lipinski definition) is 1. The van der Waals surface area contributed by atoms with Crippen LogP contribution in [-0.2, 0) is 22.6 Å². The van der Waals surface area contributed by atoms with Crippen LogP contribution in [0.15, 0.2) is 70.7 Å². The van der Waals surface area contributed by atoms with Crippen LogP contribution < -0.4 is 4.74 Å². The van der Waals surface area contributed by atoms with E-state index in [2.05, 4.69) is 0 Å². The smallest absolute Gasteiger partial charge is 0.296 e. The Kier molecular flexibility index (Phi) is 4.85. The molecule has 1 amide bonds. The molecule has 32 heavy (non-hydrogen) atoms. The number of aryl methyl sites for hydroxylation is 1. The van der Waals surface area contributed by atoms with Gasteiger partial charge in [0, 0.05) is 18.5 Å². The normalized spacial score (nSPS) is 21.6. The molecule has 6 heteroatoms. The standard InChI is InChI=1S/C26H23NO5/c1-15-8-10-21(31-15)23-22(24(28)18-9-11-20-19(13-18)12-16(2)32-20)25(29)26(30)27(23)14-17-6-4-3-5-7-17/h3-11,13,16,23,28H,12,14H2,1-2H3/t16-,23-/m1/s1.